The molecule has 68 valence electrons. The molecule has 0 spiro atoms. The highest BCUT2D eigenvalue weighted by atomic mass is 15.2. The van der Waals surface area contributed by atoms with Gasteiger partial charge in [0.1, 0.15) is 0 Å². The molecule has 0 N–H and O–H groups in total. The summed E-state index contributed by atoms with van der Waals surface area (Å²) < 4.78 is 0. The molecule has 0 aromatic heterocycles. The fourth-order valence-electron chi connectivity index (χ4n) is 2.82. The SMILES string of the molecule is CC(C)C[C@]12C=CCN1CCC2. The molecular weight excluding hydrogens is 146 g/mol. The molecule has 2 heterocycles. The van der Waals surface area contributed by atoms with E-state index < -0.39 is 0 Å². The molecule has 1 fully saturated rings. The zero-order chi connectivity index (χ0) is 8.60. The van der Waals surface area contributed by atoms with Gasteiger partial charge in [0.2, 0.25) is 0 Å². The number of nitrogens with zero attached hydrogens (tertiary/aromatic N) is 1. The standard InChI is InChI=1S/C11H19N/c1-10(2)9-11-5-3-7-12(11)8-4-6-11/h3,5,10H,4,6-9H2,1-2H3/t11-/m1/s1. The molecule has 0 amide bonds. The zero-order valence-electron chi connectivity index (χ0n) is 8.21. The molecule has 1 atom stereocenters. The highest BCUT2D eigenvalue weighted by Crippen LogP contribution is 2.38. The van der Waals surface area contributed by atoms with E-state index in [2.05, 4.69) is 30.9 Å². The van der Waals surface area contributed by atoms with Crippen LogP contribution in [0.5, 0.6) is 0 Å². The van der Waals surface area contributed by atoms with Gasteiger partial charge < -0.3 is 0 Å². The lowest BCUT2D eigenvalue weighted by molar-refractivity contribution is 0.192. The number of fused-ring (bicyclic) bond motifs is 1. The molecule has 1 heteroatoms. The van der Waals surface area contributed by atoms with Crippen molar-refractivity contribution in [3.8, 4) is 0 Å². The second-order valence-electron chi connectivity index (χ2n) is 4.65. The van der Waals surface area contributed by atoms with Crippen LogP contribution in [0.2, 0.25) is 0 Å². The van der Waals surface area contributed by atoms with Gasteiger partial charge in [-0.2, -0.15) is 0 Å². The first-order chi connectivity index (χ1) is 5.73. The molecule has 0 aromatic carbocycles. The summed E-state index contributed by atoms with van der Waals surface area (Å²) in [4.78, 5) is 2.65. The van der Waals surface area contributed by atoms with Crippen LogP contribution < -0.4 is 0 Å². The van der Waals surface area contributed by atoms with Crippen molar-refractivity contribution < 1.29 is 0 Å². The first-order valence-electron chi connectivity index (χ1n) is 5.16. The molecule has 0 aliphatic carbocycles. The molecule has 0 saturated carbocycles. The topological polar surface area (TPSA) is 3.24 Å². The van der Waals surface area contributed by atoms with Crippen LogP contribution in [0.3, 0.4) is 0 Å². The van der Waals surface area contributed by atoms with E-state index in [1.807, 2.05) is 0 Å². The number of hydrogen-bond donors (Lipinski definition) is 0. The molecule has 2 aliphatic heterocycles. The minimum Gasteiger partial charge on any atom is -0.291 e. The van der Waals surface area contributed by atoms with Crippen LogP contribution in [0.1, 0.15) is 33.1 Å². The van der Waals surface area contributed by atoms with Crippen molar-refractivity contribution in [2.75, 3.05) is 13.1 Å². The van der Waals surface area contributed by atoms with E-state index in [0.29, 0.717) is 5.54 Å². The van der Waals surface area contributed by atoms with Crippen molar-refractivity contribution >= 4 is 0 Å². The lowest BCUT2D eigenvalue weighted by Crippen LogP contribution is -2.39. The van der Waals surface area contributed by atoms with Gasteiger partial charge in [0, 0.05) is 12.1 Å². The van der Waals surface area contributed by atoms with Crippen molar-refractivity contribution in [3.63, 3.8) is 0 Å². The summed E-state index contributed by atoms with van der Waals surface area (Å²) >= 11 is 0. The first kappa shape index (κ1) is 8.31. The Morgan fingerprint density at radius 1 is 1.50 bits per heavy atom. The molecule has 1 saturated heterocycles. The summed E-state index contributed by atoms with van der Waals surface area (Å²) in [5.74, 6) is 0.827. The second kappa shape index (κ2) is 2.88. The smallest absolute Gasteiger partial charge is 0.0398 e. The Kier molecular flexibility index (Phi) is 1.99. The van der Waals surface area contributed by atoms with Gasteiger partial charge in [-0.25, -0.2) is 0 Å². The Hall–Kier alpha value is -0.300. The summed E-state index contributed by atoms with van der Waals surface area (Å²) in [6, 6.07) is 0. The molecule has 0 aromatic rings. The largest absolute Gasteiger partial charge is 0.291 e. The Labute approximate surface area is 75.4 Å². The van der Waals surface area contributed by atoms with Gasteiger partial charge in [0.15, 0.2) is 0 Å². The minimum atomic E-state index is 0.480. The summed E-state index contributed by atoms with van der Waals surface area (Å²) in [6.07, 6.45) is 8.95. The average Bonchev–Trinajstić information content (AvgIpc) is 2.42. The van der Waals surface area contributed by atoms with E-state index in [0.717, 1.165) is 5.92 Å². The van der Waals surface area contributed by atoms with Gasteiger partial charge in [-0.1, -0.05) is 26.0 Å². The van der Waals surface area contributed by atoms with Crippen molar-refractivity contribution in [1.82, 2.24) is 4.90 Å². The molecule has 12 heavy (non-hydrogen) atoms. The Balaban J connectivity index is 2.11. The Morgan fingerprint density at radius 2 is 2.33 bits per heavy atom. The Morgan fingerprint density at radius 3 is 3.08 bits per heavy atom. The molecule has 0 bridgehead atoms. The lowest BCUT2D eigenvalue weighted by atomic mass is 9.88. The van der Waals surface area contributed by atoms with Gasteiger partial charge >= 0.3 is 0 Å². The van der Waals surface area contributed by atoms with Gasteiger partial charge in [-0.15, -0.1) is 0 Å². The third-order valence-corrected chi connectivity index (χ3v) is 3.18. The third kappa shape index (κ3) is 1.20. The zero-order valence-corrected chi connectivity index (χ0v) is 8.21. The van der Waals surface area contributed by atoms with Crippen LogP contribution in [0, 0.1) is 5.92 Å². The first-order valence-corrected chi connectivity index (χ1v) is 5.16. The van der Waals surface area contributed by atoms with Crippen LogP contribution in [0.25, 0.3) is 0 Å². The predicted molar refractivity (Wildman–Crippen MR) is 52.1 cm³/mol. The Bertz CT molecular complexity index is 195. The normalized spacial score (nSPS) is 34.9. The highest BCUT2D eigenvalue weighted by Gasteiger charge is 2.40. The predicted octanol–water partition coefficient (Wildman–Crippen LogP) is 2.44. The van der Waals surface area contributed by atoms with Crippen molar-refractivity contribution in [2.24, 2.45) is 5.92 Å². The van der Waals surface area contributed by atoms with Crippen LogP contribution in [0.15, 0.2) is 12.2 Å². The van der Waals surface area contributed by atoms with Gasteiger partial charge in [0.25, 0.3) is 0 Å². The second-order valence-corrected chi connectivity index (χ2v) is 4.65. The number of rotatable bonds is 2. The van der Waals surface area contributed by atoms with Crippen molar-refractivity contribution in [2.45, 2.75) is 38.6 Å². The summed E-state index contributed by atoms with van der Waals surface area (Å²) in [6.45, 7) is 7.18. The summed E-state index contributed by atoms with van der Waals surface area (Å²) in [7, 11) is 0. The monoisotopic (exact) mass is 165 g/mol. The molecule has 0 radical (unpaired) electrons. The van der Waals surface area contributed by atoms with E-state index in [1.165, 1.54) is 32.4 Å². The summed E-state index contributed by atoms with van der Waals surface area (Å²) in [5, 5.41) is 0. The fourth-order valence-corrected chi connectivity index (χ4v) is 2.82. The minimum absolute atomic E-state index is 0.480. The fraction of sp³-hybridized carbons (Fsp3) is 0.818. The third-order valence-electron chi connectivity index (χ3n) is 3.18. The van der Waals surface area contributed by atoms with Gasteiger partial charge in [-0.3, -0.25) is 4.90 Å². The maximum absolute atomic E-state index is 2.65. The molecular formula is C11H19N. The molecule has 1 nitrogen and oxygen atoms in total. The lowest BCUT2D eigenvalue weighted by Gasteiger charge is -2.32. The summed E-state index contributed by atoms with van der Waals surface area (Å²) in [5.41, 5.74) is 0.480. The number of hydrogen-bond acceptors (Lipinski definition) is 1. The van der Waals surface area contributed by atoms with Crippen LogP contribution in [-0.4, -0.2) is 23.5 Å². The van der Waals surface area contributed by atoms with E-state index in [4.69, 9.17) is 0 Å². The van der Waals surface area contributed by atoms with E-state index in [-0.39, 0.29) is 0 Å². The quantitative estimate of drug-likeness (QED) is 0.568. The van der Waals surface area contributed by atoms with Crippen LogP contribution >= 0.6 is 0 Å². The van der Waals surface area contributed by atoms with Gasteiger partial charge in [0.05, 0.1) is 0 Å². The van der Waals surface area contributed by atoms with Crippen molar-refractivity contribution in [3.05, 3.63) is 12.2 Å². The van der Waals surface area contributed by atoms with E-state index in [9.17, 15) is 0 Å². The highest BCUT2D eigenvalue weighted by molar-refractivity contribution is 5.17. The van der Waals surface area contributed by atoms with E-state index >= 15 is 0 Å². The van der Waals surface area contributed by atoms with Crippen LogP contribution in [0.4, 0.5) is 0 Å². The average molecular weight is 165 g/mol. The maximum atomic E-state index is 2.65. The molecule has 2 rings (SSSR count). The van der Waals surface area contributed by atoms with Crippen molar-refractivity contribution in [1.29, 1.82) is 0 Å². The molecule has 2 aliphatic rings. The molecule has 0 unspecified atom stereocenters. The van der Waals surface area contributed by atoms with E-state index in [1.54, 1.807) is 0 Å². The maximum Gasteiger partial charge on any atom is 0.0398 e. The van der Waals surface area contributed by atoms with Crippen LogP contribution in [-0.2, 0) is 0 Å². The van der Waals surface area contributed by atoms with Gasteiger partial charge in [-0.05, 0) is 31.7 Å².